The molecule has 8 nitrogen and oxygen atoms in total. The number of nitriles is 2. The number of H-pyrrole nitrogens is 1. The summed E-state index contributed by atoms with van der Waals surface area (Å²) < 4.78 is 0. The van der Waals surface area contributed by atoms with Crippen molar-refractivity contribution >= 4 is 11.7 Å². The van der Waals surface area contributed by atoms with E-state index in [2.05, 4.69) is 20.2 Å². The van der Waals surface area contributed by atoms with Crippen LogP contribution >= 0.6 is 0 Å². The molecule has 18 heavy (non-hydrogen) atoms. The molecular weight excluding hydrogens is 236 g/mol. The zero-order valence-electron chi connectivity index (χ0n) is 9.59. The highest BCUT2D eigenvalue weighted by atomic mass is 16.3. The first-order valence-electron chi connectivity index (χ1n) is 4.72. The topological polar surface area (TPSA) is 138 Å². The minimum Gasteiger partial charge on any atom is -0.510 e. The molecule has 0 saturated carbocycles. The van der Waals surface area contributed by atoms with E-state index in [4.69, 9.17) is 10.5 Å². The molecular formula is C10H8N6O2. The number of rotatable bonds is 3. The van der Waals surface area contributed by atoms with E-state index in [1.54, 1.807) is 12.1 Å². The van der Waals surface area contributed by atoms with E-state index in [1.807, 2.05) is 0 Å². The van der Waals surface area contributed by atoms with E-state index in [9.17, 15) is 9.90 Å². The third-order valence-electron chi connectivity index (χ3n) is 1.83. The molecule has 1 aromatic rings. The van der Waals surface area contributed by atoms with Gasteiger partial charge in [0.2, 0.25) is 5.95 Å². The molecule has 8 heteroatoms. The highest BCUT2D eigenvalue weighted by Crippen LogP contribution is 2.14. The lowest BCUT2D eigenvalue weighted by Crippen LogP contribution is -1.96. The molecule has 0 amide bonds. The highest BCUT2D eigenvalue weighted by molar-refractivity contribution is 5.93. The number of imidazole rings is 1. The quantitative estimate of drug-likeness (QED) is 0.472. The van der Waals surface area contributed by atoms with Crippen LogP contribution in [0.5, 0.6) is 0 Å². The van der Waals surface area contributed by atoms with Gasteiger partial charge in [0.25, 0.3) is 0 Å². The Morgan fingerprint density at radius 3 is 2.44 bits per heavy atom. The number of azo groups is 1. The number of nitrogens with one attached hydrogen (secondary N) is 1. The van der Waals surface area contributed by atoms with Crippen molar-refractivity contribution in [1.82, 2.24) is 9.97 Å². The van der Waals surface area contributed by atoms with Gasteiger partial charge in [0.05, 0.1) is 0 Å². The monoisotopic (exact) mass is 244 g/mol. The Morgan fingerprint density at radius 2 is 2.06 bits per heavy atom. The Bertz CT molecular complexity index is 590. The van der Waals surface area contributed by atoms with Crippen LogP contribution in [0.1, 0.15) is 25.2 Å². The summed E-state index contributed by atoms with van der Waals surface area (Å²) in [6.45, 7) is 2.51. The molecule has 0 unspecified atom stereocenters. The van der Waals surface area contributed by atoms with E-state index < -0.39 is 5.78 Å². The van der Waals surface area contributed by atoms with Crippen molar-refractivity contribution in [2.75, 3.05) is 0 Å². The summed E-state index contributed by atoms with van der Waals surface area (Å²) in [5.41, 5.74) is -0.371. The fourth-order valence-electron chi connectivity index (χ4n) is 1.06. The minimum absolute atomic E-state index is 0.0412. The van der Waals surface area contributed by atoms with Crippen LogP contribution in [0.3, 0.4) is 0 Å². The summed E-state index contributed by atoms with van der Waals surface area (Å²) in [6, 6.07) is 3.43. The number of carbonyl (C=O) groups is 1. The molecule has 0 aliphatic rings. The first-order valence-corrected chi connectivity index (χ1v) is 4.72. The SMILES string of the molecule is CC(=O)/C(N=Nc1nc(C#N)c(C#N)[nH]1)=C(\C)O. The Kier molecular flexibility index (Phi) is 3.89. The average molecular weight is 244 g/mol. The number of aliphatic hydroxyl groups excluding tert-OH is 1. The van der Waals surface area contributed by atoms with Gasteiger partial charge >= 0.3 is 0 Å². The van der Waals surface area contributed by atoms with Gasteiger partial charge < -0.3 is 10.1 Å². The Morgan fingerprint density at radius 1 is 1.39 bits per heavy atom. The maximum absolute atomic E-state index is 11.1. The molecule has 0 bridgehead atoms. The lowest BCUT2D eigenvalue weighted by Gasteiger charge is -1.94. The van der Waals surface area contributed by atoms with Gasteiger partial charge in [-0.05, 0) is 6.92 Å². The summed E-state index contributed by atoms with van der Waals surface area (Å²) in [6.07, 6.45) is 0. The summed E-state index contributed by atoms with van der Waals surface area (Å²) in [7, 11) is 0. The lowest BCUT2D eigenvalue weighted by molar-refractivity contribution is -0.113. The molecule has 0 aliphatic carbocycles. The zero-order valence-corrected chi connectivity index (χ0v) is 9.59. The van der Waals surface area contributed by atoms with Crippen LogP contribution in [-0.4, -0.2) is 20.9 Å². The standard InChI is InChI=1S/C10H8N6O2/c1-5(17)9(6(2)18)15-16-10-13-7(3-11)8(4-12)14-10/h17H,1-2H3,(H,13,14)/b9-5-,16-15?. The summed E-state index contributed by atoms with van der Waals surface area (Å²) in [5.74, 6) is -0.840. The van der Waals surface area contributed by atoms with Crippen molar-refractivity contribution in [2.24, 2.45) is 10.2 Å². The third-order valence-corrected chi connectivity index (χ3v) is 1.83. The van der Waals surface area contributed by atoms with Crippen LogP contribution < -0.4 is 0 Å². The largest absolute Gasteiger partial charge is 0.510 e. The van der Waals surface area contributed by atoms with E-state index in [0.29, 0.717) is 0 Å². The second-order valence-corrected chi connectivity index (χ2v) is 3.20. The van der Waals surface area contributed by atoms with Crippen molar-refractivity contribution in [3.63, 3.8) is 0 Å². The molecule has 0 aliphatic heterocycles. The zero-order chi connectivity index (χ0) is 13.7. The number of aliphatic hydroxyl groups is 1. The lowest BCUT2D eigenvalue weighted by atomic mass is 10.3. The van der Waals surface area contributed by atoms with Crippen molar-refractivity contribution in [3.05, 3.63) is 22.8 Å². The number of Topliss-reactive ketones (excluding diaryl/α,β-unsaturated/α-hetero) is 1. The molecule has 0 aromatic carbocycles. The van der Waals surface area contributed by atoms with Gasteiger partial charge in [0, 0.05) is 6.92 Å². The predicted molar refractivity (Wildman–Crippen MR) is 58.5 cm³/mol. The molecule has 0 spiro atoms. The normalized spacial score (nSPS) is 11.8. The number of allylic oxidation sites excluding steroid dienone is 2. The molecule has 2 N–H and O–H groups in total. The maximum Gasteiger partial charge on any atom is 0.249 e. The molecule has 0 atom stereocenters. The van der Waals surface area contributed by atoms with Gasteiger partial charge in [0.15, 0.2) is 22.9 Å². The predicted octanol–water partition coefficient (Wildman–Crippen LogP) is 1.62. The smallest absolute Gasteiger partial charge is 0.249 e. The first-order chi connectivity index (χ1) is 8.49. The second-order valence-electron chi connectivity index (χ2n) is 3.20. The van der Waals surface area contributed by atoms with Gasteiger partial charge in [-0.2, -0.15) is 15.5 Å². The summed E-state index contributed by atoms with van der Waals surface area (Å²) >= 11 is 0. The fourth-order valence-corrected chi connectivity index (χ4v) is 1.06. The van der Waals surface area contributed by atoms with E-state index in [1.165, 1.54) is 13.8 Å². The van der Waals surface area contributed by atoms with Crippen LogP contribution in [0.25, 0.3) is 0 Å². The molecule has 0 fully saturated rings. The average Bonchev–Trinajstić information content (AvgIpc) is 2.70. The number of aromatic nitrogens is 2. The third kappa shape index (κ3) is 2.77. The first kappa shape index (κ1) is 13.1. The molecule has 0 saturated heterocycles. The van der Waals surface area contributed by atoms with E-state index >= 15 is 0 Å². The molecule has 1 aromatic heterocycles. The van der Waals surface area contributed by atoms with Gasteiger partial charge in [0.1, 0.15) is 17.9 Å². The number of hydrogen-bond donors (Lipinski definition) is 2. The minimum atomic E-state index is -0.466. The van der Waals surface area contributed by atoms with E-state index in [-0.39, 0.29) is 28.8 Å². The molecule has 90 valence electrons. The molecule has 0 radical (unpaired) electrons. The van der Waals surface area contributed by atoms with E-state index in [0.717, 1.165) is 0 Å². The Hall–Kier alpha value is -3.00. The van der Waals surface area contributed by atoms with Gasteiger partial charge in [-0.1, -0.05) is 0 Å². The second kappa shape index (κ2) is 5.37. The summed E-state index contributed by atoms with van der Waals surface area (Å²) in [5, 5.41) is 33.6. The van der Waals surface area contributed by atoms with Crippen molar-refractivity contribution in [2.45, 2.75) is 13.8 Å². The van der Waals surface area contributed by atoms with Crippen molar-refractivity contribution < 1.29 is 9.90 Å². The van der Waals surface area contributed by atoms with Crippen LogP contribution in [0, 0.1) is 22.7 Å². The fraction of sp³-hybridized carbons (Fsp3) is 0.200. The van der Waals surface area contributed by atoms with Gasteiger partial charge in [-0.3, -0.25) is 4.79 Å². The van der Waals surface area contributed by atoms with Crippen LogP contribution in [0.2, 0.25) is 0 Å². The highest BCUT2D eigenvalue weighted by Gasteiger charge is 2.10. The Balaban J connectivity index is 3.10. The van der Waals surface area contributed by atoms with Crippen LogP contribution in [0.15, 0.2) is 21.7 Å². The van der Waals surface area contributed by atoms with Crippen molar-refractivity contribution in [3.8, 4) is 12.1 Å². The number of ketones is 1. The summed E-state index contributed by atoms with van der Waals surface area (Å²) in [4.78, 5) is 17.2. The van der Waals surface area contributed by atoms with Crippen LogP contribution in [0.4, 0.5) is 5.95 Å². The van der Waals surface area contributed by atoms with Gasteiger partial charge in [-0.15, -0.1) is 10.2 Å². The maximum atomic E-state index is 11.1. The van der Waals surface area contributed by atoms with Gasteiger partial charge in [-0.25, -0.2) is 0 Å². The number of carbonyl (C=O) groups excluding carboxylic acids is 1. The molecule has 1 heterocycles. The molecule has 1 rings (SSSR count). The van der Waals surface area contributed by atoms with Crippen molar-refractivity contribution in [1.29, 1.82) is 10.5 Å². The van der Waals surface area contributed by atoms with Crippen LogP contribution in [-0.2, 0) is 4.79 Å². The number of nitrogens with zero attached hydrogens (tertiary/aromatic N) is 5. The Labute approximate surface area is 102 Å². The number of aromatic amines is 1. The number of hydrogen-bond acceptors (Lipinski definition) is 7.